The van der Waals surface area contributed by atoms with Crippen LogP contribution in [-0.2, 0) is 0 Å². The van der Waals surface area contributed by atoms with Gasteiger partial charge in [0.15, 0.2) is 16.8 Å². The van der Waals surface area contributed by atoms with Gasteiger partial charge in [0.25, 0.3) is 5.91 Å². The Morgan fingerprint density at radius 3 is 2.47 bits per heavy atom. The number of nitrogens with zero attached hydrogens (tertiary/aromatic N) is 1. The fourth-order valence-corrected chi connectivity index (χ4v) is 2.15. The summed E-state index contributed by atoms with van der Waals surface area (Å²) in [6.07, 6.45) is 0. The summed E-state index contributed by atoms with van der Waals surface area (Å²) in [6, 6.07) is 0.932. The van der Waals surface area contributed by atoms with E-state index >= 15 is 0 Å². The van der Waals surface area contributed by atoms with Crippen molar-refractivity contribution in [3.8, 4) is 0 Å². The third-order valence-corrected chi connectivity index (χ3v) is 3.26. The van der Waals surface area contributed by atoms with Gasteiger partial charge < -0.3 is 11.1 Å². The fraction of sp³-hybridized carbons (Fsp3) is 0.0909. The van der Waals surface area contributed by atoms with Crippen LogP contribution in [0.2, 0.25) is 0 Å². The highest BCUT2D eigenvalue weighted by atomic mass is 32.1. The molecule has 0 aliphatic heterocycles. The molecule has 0 aliphatic carbocycles. The van der Waals surface area contributed by atoms with Crippen LogP contribution in [0.4, 0.5) is 24.0 Å². The molecule has 0 spiro atoms. The minimum absolute atomic E-state index is 0.182. The van der Waals surface area contributed by atoms with Crippen molar-refractivity contribution in [3.63, 3.8) is 0 Å². The Morgan fingerprint density at radius 1 is 1.26 bits per heavy atom. The number of thiazole rings is 1. The predicted molar refractivity (Wildman–Crippen MR) is 65.5 cm³/mol. The SMILES string of the molecule is Cc1nc(N)sc1C(=O)Nc1cc(F)c(F)cc1F. The molecule has 100 valence electrons. The van der Waals surface area contributed by atoms with Crippen molar-refractivity contribution in [2.24, 2.45) is 0 Å². The van der Waals surface area contributed by atoms with Crippen LogP contribution in [0, 0.1) is 24.4 Å². The first-order valence-corrected chi connectivity index (χ1v) is 5.89. The van der Waals surface area contributed by atoms with E-state index in [1.165, 1.54) is 0 Å². The number of nitrogens with two attached hydrogens (primary N) is 1. The summed E-state index contributed by atoms with van der Waals surface area (Å²) in [7, 11) is 0. The van der Waals surface area contributed by atoms with E-state index in [4.69, 9.17) is 5.73 Å². The predicted octanol–water partition coefficient (Wildman–Crippen LogP) is 2.70. The lowest BCUT2D eigenvalue weighted by Gasteiger charge is -2.06. The van der Waals surface area contributed by atoms with Crippen LogP contribution in [0.25, 0.3) is 0 Å². The van der Waals surface area contributed by atoms with Gasteiger partial charge in [-0.1, -0.05) is 11.3 Å². The molecule has 0 bridgehead atoms. The number of amides is 1. The lowest BCUT2D eigenvalue weighted by Crippen LogP contribution is -2.13. The number of nitrogens with one attached hydrogen (secondary N) is 1. The second-order valence-corrected chi connectivity index (χ2v) is 4.70. The summed E-state index contributed by atoms with van der Waals surface area (Å²) in [5.74, 6) is -4.33. The van der Waals surface area contributed by atoms with Crippen LogP contribution in [0.1, 0.15) is 15.4 Å². The van der Waals surface area contributed by atoms with Gasteiger partial charge in [-0.2, -0.15) is 0 Å². The topological polar surface area (TPSA) is 68.0 Å². The largest absolute Gasteiger partial charge is 0.375 e. The Bertz CT molecular complexity index is 657. The van der Waals surface area contributed by atoms with Gasteiger partial charge in [-0.05, 0) is 6.92 Å². The zero-order valence-corrected chi connectivity index (χ0v) is 10.4. The maximum Gasteiger partial charge on any atom is 0.267 e. The number of hydrogen-bond acceptors (Lipinski definition) is 4. The van der Waals surface area contributed by atoms with Gasteiger partial charge in [0.2, 0.25) is 0 Å². The molecular weight excluding hydrogens is 279 g/mol. The van der Waals surface area contributed by atoms with Gasteiger partial charge in [-0.25, -0.2) is 18.2 Å². The Hall–Kier alpha value is -2.09. The first kappa shape index (κ1) is 13.3. The number of carbonyl (C=O) groups is 1. The Labute approximate surface area is 110 Å². The quantitative estimate of drug-likeness (QED) is 0.834. The van der Waals surface area contributed by atoms with Crippen molar-refractivity contribution in [1.29, 1.82) is 0 Å². The van der Waals surface area contributed by atoms with E-state index in [1.54, 1.807) is 6.92 Å². The Morgan fingerprint density at radius 2 is 1.89 bits per heavy atom. The highest BCUT2D eigenvalue weighted by molar-refractivity contribution is 7.17. The van der Waals surface area contributed by atoms with Gasteiger partial charge in [0.1, 0.15) is 10.7 Å². The molecule has 0 fully saturated rings. The number of aromatic nitrogens is 1. The first-order chi connectivity index (χ1) is 8.88. The third-order valence-electron chi connectivity index (χ3n) is 2.28. The zero-order valence-electron chi connectivity index (χ0n) is 9.63. The average Bonchev–Trinajstić information content (AvgIpc) is 2.65. The number of aryl methyl sites for hydroxylation is 1. The van der Waals surface area contributed by atoms with E-state index in [-0.39, 0.29) is 10.0 Å². The third kappa shape index (κ3) is 2.68. The molecule has 0 aliphatic rings. The van der Waals surface area contributed by atoms with Gasteiger partial charge in [0.05, 0.1) is 11.4 Å². The van der Waals surface area contributed by atoms with E-state index in [0.717, 1.165) is 11.3 Å². The van der Waals surface area contributed by atoms with Crippen molar-refractivity contribution in [3.05, 3.63) is 40.2 Å². The van der Waals surface area contributed by atoms with E-state index in [2.05, 4.69) is 10.3 Å². The summed E-state index contributed by atoms with van der Waals surface area (Å²) in [5, 5.41) is 2.33. The fourth-order valence-electron chi connectivity index (χ4n) is 1.43. The molecule has 3 N–H and O–H groups in total. The van der Waals surface area contributed by atoms with E-state index in [9.17, 15) is 18.0 Å². The summed E-state index contributed by atoms with van der Waals surface area (Å²) in [4.78, 5) is 15.8. The van der Waals surface area contributed by atoms with E-state index < -0.39 is 29.0 Å². The van der Waals surface area contributed by atoms with Crippen molar-refractivity contribution < 1.29 is 18.0 Å². The van der Waals surface area contributed by atoms with Crippen LogP contribution in [-0.4, -0.2) is 10.9 Å². The van der Waals surface area contributed by atoms with Crippen LogP contribution in [0.15, 0.2) is 12.1 Å². The monoisotopic (exact) mass is 287 g/mol. The lowest BCUT2D eigenvalue weighted by atomic mass is 10.2. The van der Waals surface area contributed by atoms with Gasteiger partial charge in [-0.3, -0.25) is 4.79 Å². The molecule has 0 saturated carbocycles. The molecule has 0 unspecified atom stereocenters. The average molecular weight is 287 g/mol. The summed E-state index contributed by atoms with van der Waals surface area (Å²) < 4.78 is 39.1. The molecule has 1 aromatic carbocycles. The molecule has 19 heavy (non-hydrogen) atoms. The molecule has 0 radical (unpaired) electrons. The molecule has 1 aromatic heterocycles. The summed E-state index contributed by atoms with van der Waals surface area (Å²) in [6.45, 7) is 1.56. The molecular formula is C11H8F3N3OS. The van der Waals surface area contributed by atoms with Crippen molar-refractivity contribution in [1.82, 2.24) is 4.98 Å². The van der Waals surface area contributed by atoms with Gasteiger partial charge in [-0.15, -0.1) is 0 Å². The van der Waals surface area contributed by atoms with Gasteiger partial charge in [0, 0.05) is 12.1 Å². The molecule has 4 nitrogen and oxygen atoms in total. The number of rotatable bonds is 2. The maximum absolute atomic E-state index is 13.4. The second kappa shape index (κ2) is 4.88. The first-order valence-electron chi connectivity index (χ1n) is 5.07. The van der Waals surface area contributed by atoms with Crippen LogP contribution < -0.4 is 11.1 Å². The standard InChI is InChI=1S/C11H8F3N3OS/c1-4-9(19-11(15)16-4)10(18)17-8-3-6(13)5(12)2-7(8)14/h2-3H,1H3,(H2,15,16)(H,17,18). The summed E-state index contributed by atoms with van der Waals surface area (Å²) in [5.41, 5.74) is 5.36. The Kier molecular flexibility index (Phi) is 3.43. The van der Waals surface area contributed by atoms with Crippen molar-refractivity contribution >= 4 is 28.1 Å². The van der Waals surface area contributed by atoms with Crippen molar-refractivity contribution in [2.45, 2.75) is 6.92 Å². The summed E-state index contributed by atoms with van der Waals surface area (Å²) >= 11 is 0.919. The highest BCUT2D eigenvalue weighted by Crippen LogP contribution is 2.23. The minimum atomic E-state index is -1.33. The highest BCUT2D eigenvalue weighted by Gasteiger charge is 2.17. The van der Waals surface area contributed by atoms with Crippen LogP contribution in [0.3, 0.4) is 0 Å². The lowest BCUT2D eigenvalue weighted by molar-refractivity contribution is 0.102. The van der Waals surface area contributed by atoms with Crippen LogP contribution >= 0.6 is 11.3 Å². The number of benzene rings is 1. The number of hydrogen-bond donors (Lipinski definition) is 2. The van der Waals surface area contributed by atoms with E-state index in [0.29, 0.717) is 17.8 Å². The van der Waals surface area contributed by atoms with E-state index in [1.807, 2.05) is 0 Å². The number of anilines is 2. The number of nitrogen functional groups attached to an aromatic ring is 1. The van der Waals surface area contributed by atoms with Crippen LogP contribution in [0.5, 0.6) is 0 Å². The van der Waals surface area contributed by atoms with Crippen molar-refractivity contribution in [2.75, 3.05) is 11.1 Å². The molecule has 0 saturated heterocycles. The van der Waals surface area contributed by atoms with Gasteiger partial charge >= 0.3 is 0 Å². The molecule has 1 heterocycles. The Balaban J connectivity index is 2.29. The molecule has 2 aromatic rings. The second-order valence-electron chi connectivity index (χ2n) is 3.67. The normalized spacial score (nSPS) is 10.5. The molecule has 0 atom stereocenters. The smallest absolute Gasteiger partial charge is 0.267 e. The maximum atomic E-state index is 13.4. The zero-order chi connectivity index (χ0) is 14.2. The number of carbonyl (C=O) groups excluding carboxylic acids is 1. The molecule has 2 rings (SSSR count). The minimum Gasteiger partial charge on any atom is -0.375 e. The molecule has 8 heteroatoms. The molecule has 1 amide bonds. The number of halogens is 3.